The zero-order chi connectivity index (χ0) is 23.6. The highest BCUT2D eigenvalue weighted by Crippen LogP contribution is 2.28. The molecule has 33 heavy (non-hydrogen) atoms. The molecular formula is C25H26Cl2O5S. The minimum absolute atomic E-state index is 0.109. The number of Topliss-reactive ketones (excluding diaryl/α,β-unsaturated/α-hetero) is 1. The van der Waals surface area contributed by atoms with Gasteiger partial charge in [0.15, 0.2) is 12.1 Å². The summed E-state index contributed by atoms with van der Waals surface area (Å²) < 4.78 is 17.2. The first-order valence-electron chi connectivity index (χ1n) is 10.7. The van der Waals surface area contributed by atoms with Crippen molar-refractivity contribution in [2.75, 3.05) is 19.0 Å². The fourth-order valence-electron chi connectivity index (χ4n) is 3.19. The molecule has 8 heteroatoms. The van der Waals surface area contributed by atoms with Gasteiger partial charge in [0.1, 0.15) is 11.7 Å². The maximum atomic E-state index is 13.0. The first kappa shape index (κ1) is 25.8. The van der Waals surface area contributed by atoms with Crippen molar-refractivity contribution in [3.8, 4) is 0 Å². The number of rotatable bonds is 10. The van der Waals surface area contributed by atoms with Crippen molar-refractivity contribution in [2.45, 2.75) is 43.5 Å². The van der Waals surface area contributed by atoms with E-state index in [0.717, 1.165) is 24.2 Å². The van der Waals surface area contributed by atoms with Crippen LogP contribution in [-0.2, 0) is 23.8 Å². The highest BCUT2D eigenvalue weighted by Gasteiger charge is 2.24. The van der Waals surface area contributed by atoms with Crippen LogP contribution in [0.3, 0.4) is 0 Å². The van der Waals surface area contributed by atoms with Crippen molar-refractivity contribution in [2.24, 2.45) is 0 Å². The van der Waals surface area contributed by atoms with Gasteiger partial charge in [0.25, 0.3) is 0 Å². The van der Waals surface area contributed by atoms with E-state index < -0.39 is 17.9 Å². The first-order valence-corrected chi connectivity index (χ1v) is 12.5. The molecule has 3 rings (SSSR count). The Morgan fingerprint density at radius 1 is 1.15 bits per heavy atom. The van der Waals surface area contributed by atoms with Crippen LogP contribution < -0.4 is 0 Å². The van der Waals surface area contributed by atoms with Gasteiger partial charge in [-0.15, -0.1) is 11.8 Å². The quantitative estimate of drug-likeness (QED) is 0.125. The van der Waals surface area contributed by atoms with Crippen LogP contribution in [0.25, 0.3) is 6.08 Å². The number of carbonyl (C=O) groups is 2. The Morgan fingerprint density at radius 2 is 1.94 bits per heavy atom. The van der Waals surface area contributed by atoms with E-state index in [9.17, 15) is 9.59 Å². The van der Waals surface area contributed by atoms with E-state index in [-0.39, 0.29) is 23.5 Å². The molecule has 1 fully saturated rings. The molecule has 2 aromatic carbocycles. The van der Waals surface area contributed by atoms with Gasteiger partial charge in [-0.25, -0.2) is 4.79 Å². The number of carbonyl (C=O) groups excluding carboxylic acids is 2. The Kier molecular flexibility index (Phi) is 10.3. The second-order valence-electron chi connectivity index (χ2n) is 7.54. The molecule has 0 saturated carbocycles. The summed E-state index contributed by atoms with van der Waals surface area (Å²) >= 11 is 13.8. The first-order chi connectivity index (χ1) is 15.9. The summed E-state index contributed by atoms with van der Waals surface area (Å²) in [5, 5.41) is 0.597. The number of benzene rings is 2. The largest absolute Gasteiger partial charge is 0.455 e. The molecule has 5 nitrogen and oxygen atoms in total. The molecule has 1 aliphatic heterocycles. The topological polar surface area (TPSA) is 61.8 Å². The van der Waals surface area contributed by atoms with E-state index in [1.807, 2.05) is 30.3 Å². The summed E-state index contributed by atoms with van der Waals surface area (Å²) in [6.45, 7) is 2.14. The van der Waals surface area contributed by atoms with Gasteiger partial charge in [0, 0.05) is 17.3 Å². The molecule has 2 aromatic rings. The molecule has 1 unspecified atom stereocenters. The van der Waals surface area contributed by atoms with Crippen LogP contribution in [0.5, 0.6) is 0 Å². The van der Waals surface area contributed by atoms with Crippen molar-refractivity contribution in [1.29, 1.82) is 0 Å². The van der Waals surface area contributed by atoms with Gasteiger partial charge in [-0.3, -0.25) is 4.79 Å². The van der Waals surface area contributed by atoms with E-state index in [1.165, 1.54) is 13.0 Å². The van der Waals surface area contributed by atoms with E-state index >= 15 is 0 Å². The Morgan fingerprint density at radius 3 is 2.64 bits per heavy atom. The Labute approximate surface area is 208 Å². The van der Waals surface area contributed by atoms with Gasteiger partial charge in [-0.1, -0.05) is 53.5 Å². The zero-order valence-electron chi connectivity index (χ0n) is 18.3. The molecule has 1 heterocycles. The van der Waals surface area contributed by atoms with Crippen LogP contribution in [0.4, 0.5) is 0 Å². The van der Waals surface area contributed by atoms with Gasteiger partial charge in [0.2, 0.25) is 0 Å². The Hall–Kier alpha value is -1.83. The predicted molar refractivity (Wildman–Crippen MR) is 132 cm³/mol. The van der Waals surface area contributed by atoms with E-state index in [4.69, 9.17) is 37.4 Å². The molecule has 2 atom stereocenters. The number of ketones is 1. The van der Waals surface area contributed by atoms with Gasteiger partial charge < -0.3 is 14.2 Å². The monoisotopic (exact) mass is 508 g/mol. The predicted octanol–water partition coefficient (Wildman–Crippen LogP) is 6.21. The van der Waals surface area contributed by atoms with Crippen molar-refractivity contribution >= 4 is 52.8 Å². The molecule has 1 saturated heterocycles. The number of esters is 1. The summed E-state index contributed by atoms with van der Waals surface area (Å²) in [5.41, 5.74) is 0.358. The second kappa shape index (κ2) is 13.2. The van der Waals surface area contributed by atoms with Crippen LogP contribution >= 0.6 is 35.0 Å². The second-order valence-corrected chi connectivity index (χ2v) is 9.42. The standard InChI is InChI=1S/C25H26Cl2O5S/c1-17(28)21(14-18-8-7-11-22(26)24(18)27)25(29)32-19(15-31-23-12-5-6-13-30-23)16-33-20-9-3-2-4-10-20/h2-4,7-11,14,19,23H,5-6,12-13,15-16H2,1H3/b21-14+/t19-,23?/m1/s1. The van der Waals surface area contributed by atoms with Gasteiger partial charge in [0.05, 0.1) is 16.7 Å². The molecule has 0 amide bonds. The van der Waals surface area contributed by atoms with Crippen LogP contribution in [-0.4, -0.2) is 43.1 Å². The van der Waals surface area contributed by atoms with Crippen LogP contribution in [0, 0.1) is 0 Å². The third-order valence-electron chi connectivity index (χ3n) is 4.94. The van der Waals surface area contributed by atoms with E-state index in [1.54, 1.807) is 30.0 Å². The number of hydrogen-bond donors (Lipinski definition) is 0. The smallest absolute Gasteiger partial charge is 0.342 e. The van der Waals surface area contributed by atoms with Crippen molar-refractivity contribution in [3.63, 3.8) is 0 Å². The lowest BCUT2D eigenvalue weighted by molar-refractivity contribution is -0.181. The number of thioether (sulfide) groups is 1. The Balaban J connectivity index is 1.73. The molecule has 0 bridgehead atoms. The summed E-state index contributed by atoms with van der Waals surface area (Å²) in [6, 6.07) is 14.8. The minimum Gasteiger partial charge on any atom is -0.455 e. The normalized spacial score (nSPS) is 17.4. The van der Waals surface area contributed by atoms with Gasteiger partial charge >= 0.3 is 5.97 Å². The van der Waals surface area contributed by atoms with Crippen LogP contribution in [0.1, 0.15) is 31.7 Å². The van der Waals surface area contributed by atoms with Crippen LogP contribution in [0.15, 0.2) is 59.0 Å². The third kappa shape index (κ3) is 8.16. The molecule has 0 aliphatic carbocycles. The highest BCUT2D eigenvalue weighted by molar-refractivity contribution is 7.99. The Bertz CT molecular complexity index is 974. The molecule has 176 valence electrons. The lowest BCUT2D eigenvalue weighted by Gasteiger charge is -2.25. The summed E-state index contributed by atoms with van der Waals surface area (Å²) in [5.74, 6) is -0.696. The molecule has 0 spiro atoms. The summed E-state index contributed by atoms with van der Waals surface area (Å²) in [4.78, 5) is 26.3. The third-order valence-corrected chi connectivity index (χ3v) is 6.92. The average Bonchev–Trinajstić information content (AvgIpc) is 2.82. The maximum Gasteiger partial charge on any atom is 0.342 e. The summed E-state index contributed by atoms with van der Waals surface area (Å²) in [6.07, 6.45) is 3.37. The maximum absolute atomic E-state index is 13.0. The molecule has 1 aliphatic rings. The van der Waals surface area contributed by atoms with E-state index in [0.29, 0.717) is 22.9 Å². The molecule has 0 radical (unpaired) electrons. The lowest BCUT2D eigenvalue weighted by Crippen LogP contribution is -2.32. The summed E-state index contributed by atoms with van der Waals surface area (Å²) in [7, 11) is 0. The SMILES string of the molecule is CC(=O)/C(=C\c1cccc(Cl)c1Cl)C(=O)O[C@H](COC1CCCCO1)CSc1ccccc1. The van der Waals surface area contributed by atoms with Crippen molar-refractivity contribution < 1.29 is 23.8 Å². The van der Waals surface area contributed by atoms with Gasteiger partial charge in [-0.2, -0.15) is 0 Å². The number of hydrogen-bond acceptors (Lipinski definition) is 6. The van der Waals surface area contributed by atoms with E-state index in [2.05, 4.69) is 0 Å². The minimum atomic E-state index is -0.731. The van der Waals surface area contributed by atoms with Crippen molar-refractivity contribution in [3.05, 3.63) is 69.7 Å². The number of halogens is 2. The highest BCUT2D eigenvalue weighted by atomic mass is 35.5. The molecular weight excluding hydrogens is 483 g/mol. The lowest BCUT2D eigenvalue weighted by atomic mass is 10.1. The fourth-order valence-corrected chi connectivity index (χ4v) is 4.44. The van der Waals surface area contributed by atoms with Gasteiger partial charge in [-0.05, 0) is 56.0 Å². The molecule has 0 N–H and O–H groups in total. The van der Waals surface area contributed by atoms with Crippen LogP contribution in [0.2, 0.25) is 10.0 Å². The van der Waals surface area contributed by atoms with Crippen molar-refractivity contribution in [1.82, 2.24) is 0 Å². The zero-order valence-corrected chi connectivity index (χ0v) is 20.6. The fraction of sp³-hybridized carbons (Fsp3) is 0.360. The number of ether oxygens (including phenoxy) is 3. The average molecular weight is 509 g/mol. The molecule has 0 aromatic heterocycles.